The first-order chi connectivity index (χ1) is 14.7. The molecular formula is C24H31N3O2S. The average Bonchev–Trinajstić information content (AvgIpc) is 3.31. The van der Waals surface area contributed by atoms with E-state index in [-0.39, 0.29) is 17.5 Å². The van der Waals surface area contributed by atoms with Gasteiger partial charge in [0.05, 0.1) is 16.7 Å². The molecule has 0 spiro atoms. The van der Waals surface area contributed by atoms with Gasteiger partial charge in [-0.25, -0.2) is 4.98 Å². The second-order valence-corrected chi connectivity index (χ2v) is 10.1. The van der Waals surface area contributed by atoms with Crippen LogP contribution in [0, 0.1) is 5.92 Å². The smallest absolute Gasteiger partial charge is 0.262 e. The van der Waals surface area contributed by atoms with E-state index in [9.17, 15) is 9.59 Å². The lowest BCUT2D eigenvalue weighted by Gasteiger charge is -2.44. The summed E-state index contributed by atoms with van der Waals surface area (Å²) in [5, 5.41) is 1.40. The molecule has 1 aliphatic heterocycles. The Bertz CT molecular complexity index is 980. The van der Waals surface area contributed by atoms with E-state index in [0.717, 1.165) is 55.7 Å². The Balaban J connectivity index is 1.40. The number of nitrogens with zero attached hydrogens (tertiary/aromatic N) is 3. The first-order valence-electron chi connectivity index (χ1n) is 11.7. The van der Waals surface area contributed by atoms with E-state index in [2.05, 4.69) is 4.90 Å². The molecule has 1 amide bonds. The molecule has 30 heavy (non-hydrogen) atoms. The molecule has 0 radical (unpaired) electrons. The number of amides is 1. The van der Waals surface area contributed by atoms with Crippen LogP contribution in [0.2, 0.25) is 0 Å². The minimum absolute atomic E-state index is 0.0489. The molecule has 0 N–H and O–H groups in total. The molecule has 160 valence electrons. The van der Waals surface area contributed by atoms with Gasteiger partial charge in [0.2, 0.25) is 5.91 Å². The van der Waals surface area contributed by atoms with Gasteiger partial charge in [-0.15, -0.1) is 0 Å². The van der Waals surface area contributed by atoms with Crippen LogP contribution in [0.5, 0.6) is 0 Å². The van der Waals surface area contributed by atoms with Crippen molar-refractivity contribution in [2.45, 2.75) is 81.4 Å². The average molecular weight is 426 g/mol. The summed E-state index contributed by atoms with van der Waals surface area (Å²) < 4.78 is 1.90. The Kier molecular flexibility index (Phi) is 5.85. The number of piperidine rings is 1. The summed E-state index contributed by atoms with van der Waals surface area (Å²) in [6.45, 7) is 0.890. The Labute approximate surface area is 182 Å². The largest absolute Gasteiger partial charge is 0.339 e. The highest BCUT2D eigenvalue weighted by Crippen LogP contribution is 2.36. The third kappa shape index (κ3) is 3.79. The Morgan fingerprint density at radius 3 is 2.60 bits per heavy atom. The van der Waals surface area contributed by atoms with Crippen LogP contribution in [0.4, 0.5) is 0 Å². The molecule has 1 saturated heterocycles. The molecule has 3 fully saturated rings. The first-order valence-corrected chi connectivity index (χ1v) is 12.6. The first kappa shape index (κ1) is 20.1. The number of carbonyl (C=O) groups excluding carboxylic acids is 1. The fraction of sp³-hybridized carbons (Fsp3) is 0.625. The summed E-state index contributed by atoms with van der Waals surface area (Å²) in [6.07, 6.45) is 11.7. The topological polar surface area (TPSA) is 55.2 Å². The molecule has 2 aliphatic carbocycles. The maximum atomic E-state index is 13.3. The number of fused-ring (bicyclic) bond motifs is 2. The number of likely N-dealkylation sites (tertiary alicyclic amines) is 1. The number of para-hydroxylation sites is 1. The lowest BCUT2D eigenvalue weighted by molar-refractivity contribution is -0.134. The fourth-order valence-corrected chi connectivity index (χ4v) is 6.81. The molecule has 5 nitrogen and oxygen atoms in total. The Morgan fingerprint density at radius 1 is 1.00 bits per heavy atom. The third-order valence-electron chi connectivity index (χ3n) is 7.35. The standard InChI is InChI=1S/C24H31N3O2S/c28-22(26-15-7-9-17-8-1-6-14-21(17)26)16-30-24-25-20-13-5-4-12-19(20)23(29)27(24)18-10-2-3-11-18/h4-5,12-13,17-18,21H,1-3,6-11,14-16H2/t17-,21+/m0/s1. The van der Waals surface area contributed by atoms with Crippen LogP contribution in [0.3, 0.4) is 0 Å². The zero-order valence-electron chi connectivity index (χ0n) is 17.6. The van der Waals surface area contributed by atoms with Crippen molar-refractivity contribution in [3.63, 3.8) is 0 Å². The van der Waals surface area contributed by atoms with Crippen molar-refractivity contribution in [2.24, 2.45) is 5.92 Å². The van der Waals surface area contributed by atoms with E-state index in [1.54, 1.807) is 0 Å². The SMILES string of the molecule is O=C(CSc1nc2ccccc2c(=O)n1C1CCCC1)N1CCC[C@@H]2CCCC[C@H]21. The van der Waals surface area contributed by atoms with Crippen molar-refractivity contribution >= 4 is 28.6 Å². The van der Waals surface area contributed by atoms with Crippen molar-refractivity contribution in [1.82, 2.24) is 14.5 Å². The maximum absolute atomic E-state index is 13.3. The van der Waals surface area contributed by atoms with Gasteiger partial charge in [0.15, 0.2) is 5.16 Å². The van der Waals surface area contributed by atoms with Crippen molar-refractivity contribution in [2.75, 3.05) is 12.3 Å². The number of hydrogen-bond acceptors (Lipinski definition) is 4. The summed E-state index contributed by atoms with van der Waals surface area (Å²) in [7, 11) is 0. The van der Waals surface area contributed by atoms with Gasteiger partial charge in [-0.2, -0.15) is 0 Å². The molecule has 0 bridgehead atoms. The van der Waals surface area contributed by atoms with Gasteiger partial charge in [0.25, 0.3) is 5.56 Å². The van der Waals surface area contributed by atoms with E-state index in [4.69, 9.17) is 4.98 Å². The highest BCUT2D eigenvalue weighted by atomic mass is 32.2. The predicted octanol–water partition coefficient (Wildman–Crippen LogP) is 4.78. The molecule has 2 saturated carbocycles. The minimum atomic E-state index is 0.0489. The van der Waals surface area contributed by atoms with E-state index in [1.807, 2.05) is 28.8 Å². The van der Waals surface area contributed by atoms with Crippen LogP contribution in [0.15, 0.2) is 34.2 Å². The van der Waals surface area contributed by atoms with Crippen molar-refractivity contribution < 1.29 is 4.79 Å². The molecule has 1 aromatic heterocycles. The monoisotopic (exact) mass is 425 g/mol. The summed E-state index contributed by atoms with van der Waals surface area (Å²) in [4.78, 5) is 33.5. The van der Waals surface area contributed by atoms with Gasteiger partial charge in [0.1, 0.15) is 0 Å². The quantitative estimate of drug-likeness (QED) is 0.522. The fourth-order valence-electron chi connectivity index (χ4n) is 5.86. The number of hydrogen-bond donors (Lipinski definition) is 0. The van der Waals surface area contributed by atoms with Crippen LogP contribution in [0.25, 0.3) is 10.9 Å². The normalized spacial score (nSPS) is 24.9. The van der Waals surface area contributed by atoms with Crippen molar-refractivity contribution in [3.8, 4) is 0 Å². The lowest BCUT2D eigenvalue weighted by Crippen LogP contribution is -2.50. The van der Waals surface area contributed by atoms with E-state index >= 15 is 0 Å². The van der Waals surface area contributed by atoms with Crippen LogP contribution in [-0.2, 0) is 4.79 Å². The van der Waals surface area contributed by atoms with Gasteiger partial charge in [-0.3, -0.25) is 14.2 Å². The lowest BCUT2D eigenvalue weighted by atomic mass is 9.78. The summed E-state index contributed by atoms with van der Waals surface area (Å²) in [5.41, 5.74) is 0.782. The summed E-state index contributed by atoms with van der Waals surface area (Å²) >= 11 is 1.46. The summed E-state index contributed by atoms with van der Waals surface area (Å²) in [6, 6.07) is 8.24. The van der Waals surface area contributed by atoms with E-state index in [1.165, 1.54) is 37.4 Å². The molecule has 5 rings (SSSR count). The zero-order chi connectivity index (χ0) is 20.5. The van der Waals surface area contributed by atoms with Gasteiger partial charge >= 0.3 is 0 Å². The number of aromatic nitrogens is 2. The van der Waals surface area contributed by atoms with Gasteiger partial charge in [-0.05, 0) is 56.6 Å². The van der Waals surface area contributed by atoms with Crippen LogP contribution in [-0.4, -0.2) is 38.7 Å². The molecule has 3 aliphatic rings. The van der Waals surface area contributed by atoms with E-state index in [0.29, 0.717) is 23.1 Å². The molecule has 2 heterocycles. The van der Waals surface area contributed by atoms with Crippen molar-refractivity contribution in [1.29, 1.82) is 0 Å². The maximum Gasteiger partial charge on any atom is 0.262 e. The number of benzene rings is 1. The molecule has 0 unspecified atom stereocenters. The van der Waals surface area contributed by atoms with Crippen LogP contribution >= 0.6 is 11.8 Å². The van der Waals surface area contributed by atoms with E-state index < -0.39 is 0 Å². The highest BCUT2D eigenvalue weighted by Gasteiger charge is 2.35. The number of thioether (sulfide) groups is 1. The second-order valence-electron chi connectivity index (χ2n) is 9.15. The Morgan fingerprint density at radius 2 is 1.73 bits per heavy atom. The molecule has 2 atom stereocenters. The van der Waals surface area contributed by atoms with Gasteiger partial charge in [-0.1, -0.05) is 49.6 Å². The molecular weight excluding hydrogens is 394 g/mol. The van der Waals surface area contributed by atoms with Crippen LogP contribution in [0.1, 0.15) is 70.3 Å². The summed E-state index contributed by atoms with van der Waals surface area (Å²) in [5.74, 6) is 1.29. The number of carbonyl (C=O) groups is 1. The highest BCUT2D eigenvalue weighted by molar-refractivity contribution is 7.99. The predicted molar refractivity (Wildman–Crippen MR) is 121 cm³/mol. The zero-order valence-corrected chi connectivity index (χ0v) is 18.4. The van der Waals surface area contributed by atoms with Gasteiger partial charge in [0, 0.05) is 18.6 Å². The van der Waals surface area contributed by atoms with Crippen LogP contribution < -0.4 is 5.56 Å². The molecule has 6 heteroatoms. The molecule has 1 aromatic carbocycles. The van der Waals surface area contributed by atoms with Gasteiger partial charge < -0.3 is 4.90 Å². The number of rotatable bonds is 4. The van der Waals surface area contributed by atoms with Crippen molar-refractivity contribution in [3.05, 3.63) is 34.6 Å². The Hall–Kier alpha value is -1.82. The second kappa shape index (κ2) is 8.74. The minimum Gasteiger partial charge on any atom is -0.339 e. The third-order valence-corrected chi connectivity index (χ3v) is 8.29. The molecule has 2 aromatic rings.